The zero-order chi connectivity index (χ0) is 33.5. The van der Waals surface area contributed by atoms with Gasteiger partial charge in [0.05, 0.1) is 0 Å². The molecule has 0 aliphatic carbocycles. The fourth-order valence-electron chi connectivity index (χ4n) is 8.53. The summed E-state index contributed by atoms with van der Waals surface area (Å²) in [5.74, 6) is 0. The van der Waals surface area contributed by atoms with Crippen LogP contribution in [0.25, 0.3) is 109 Å². The number of furan rings is 1. The van der Waals surface area contributed by atoms with Crippen LogP contribution < -0.4 is 0 Å². The van der Waals surface area contributed by atoms with E-state index in [-0.39, 0.29) is 0 Å². The van der Waals surface area contributed by atoms with E-state index < -0.39 is 0 Å². The van der Waals surface area contributed by atoms with Crippen LogP contribution in [-0.4, -0.2) is 0 Å². The van der Waals surface area contributed by atoms with Gasteiger partial charge < -0.3 is 4.42 Å². The first-order chi connectivity index (χ1) is 25.3. The Labute approximate surface area is 294 Å². The van der Waals surface area contributed by atoms with Crippen molar-refractivity contribution in [3.8, 4) is 33.4 Å². The second-order valence-electron chi connectivity index (χ2n) is 13.6. The lowest BCUT2D eigenvalue weighted by molar-refractivity contribution is 0.673. The summed E-state index contributed by atoms with van der Waals surface area (Å²) in [5, 5.41) is 14.7. The minimum Gasteiger partial charge on any atom is -0.455 e. The van der Waals surface area contributed by atoms with Gasteiger partial charge in [0.15, 0.2) is 0 Å². The third-order valence-corrected chi connectivity index (χ3v) is 10.8. The molecule has 0 unspecified atom stereocenters. The number of rotatable bonds is 3. The molecule has 10 aromatic carbocycles. The Hall–Kier alpha value is -6.70. The summed E-state index contributed by atoms with van der Waals surface area (Å²) >= 11 is 0. The Morgan fingerprint density at radius 1 is 0.275 bits per heavy atom. The van der Waals surface area contributed by atoms with Gasteiger partial charge >= 0.3 is 0 Å². The van der Waals surface area contributed by atoms with Crippen LogP contribution in [-0.2, 0) is 0 Å². The monoisotopic (exact) mass is 646 g/mol. The van der Waals surface area contributed by atoms with E-state index in [1.807, 2.05) is 6.07 Å². The molecule has 0 saturated heterocycles. The van der Waals surface area contributed by atoms with Gasteiger partial charge in [0, 0.05) is 16.2 Å². The topological polar surface area (TPSA) is 13.1 Å². The van der Waals surface area contributed by atoms with Crippen molar-refractivity contribution in [2.75, 3.05) is 0 Å². The highest BCUT2D eigenvalue weighted by molar-refractivity contribution is 6.30. The normalized spacial score (nSPS) is 11.9. The maximum Gasteiger partial charge on any atom is 0.143 e. The van der Waals surface area contributed by atoms with Gasteiger partial charge in [-0.2, -0.15) is 0 Å². The summed E-state index contributed by atoms with van der Waals surface area (Å²) < 4.78 is 6.54. The summed E-state index contributed by atoms with van der Waals surface area (Å²) in [4.78, 5) is 0. The second-order valence-corrected chi connectivity index (χ2v) is 13.6. The number of para-hydroxylation sites is 1. The van der Waals surface area contributed by atoms with Crippen molar-refractivity contribution in [2.24, 2.45) is 0 Å². The molecule has 1 heterocycles. The van der Waals surface area contributed by atoms with Gasteiger partial charge in [-0.3, -0.25) is 0 Å². The van der Waals surface area contributed by atoms with Gasteiger partial charge in [0.2, 0.25) is 0 Å². The van der Waals surface area contributed by atoms with Gasteiger partial charge in [-0.05, 0) is 112 Å². The number of fused-ring (bicyclic) bond motifs is 11. The van der Waals surface area contributed by atoms with Gasteiger partial charge in [-0.1, -0.05) is 152 Å². The van der Waals surface area contributed by atoms with Crippen molar-refractivity contribution in [1.82, 2.24) is 0 Å². The average molecular weight is 647 g/mol. The molecule has 1 aromatic heterocycles. The van der Waals surface area contributed by atoms with E-state index in [2.05, 4.69) is 176 Å². The van der Waals surface area contributed by atoms with Gasteiger partial charge in [0.1, 0.15) is 11.2 Å². The first kappa shape index (κ1) is 28.2. The third kappa shape index (κ3) is 4.22. The summed E-state index contributed by atoms with van der Waals surface area (Å²) in [6, 6.07) is 66.3. The summed E-state index contributed by atoms with van der Waals surface area (Å²) in [6.45, 7) is 0. The van der Waals surface area contributed by atoms with Crippen molar-refractivity contribution < 1.29 is 4.42 Å². The van der Waals surface area contributed by atoms with Gasteiger partial charge in [0.25, 0.3) is 0 Å². The molecule has 0 N–H and O–H groups in total. The zero-order valence-corrected chi connectivity index (χ0v) is 27.7. The molecule has 236 valence electrons. The lowest BCUT2D eigenvalue weighted by Gasteiger charge is -2.18. The van der Waals surface area contributed by atoms with E-state index in [0.717, 1.165) is 21.9 Å². The Bertz CT molecular complexity index is 3140. The Morgan fingerprint density at radius 3 is 1.53 bits per heavy atom. The molecule has 1 heteroatoms. The largest absolute Gasteiger partial charge is 0.455 e. The van der Waals surface area contributed by atoms with Crippen LogP contribution in [0.2, 0.25) is 0 Å². The maximum absolute atomic E-state index is 6.54. The molecule has 0 bridgehead atoms. The maximum atomic E-state index is 6.54. The molecule has 0 spiro atoms. The molecular formula is C50H30O. The van der Waals surface area contributed by atoms with Crippen LogP contribution in [0.1, 0.15) is 0 Å². The SMILES string of the molecule is c1cc(-c2ccc3c(c2)c2ccccc2c2c4ccccc4oc32)cc(-c2c3ccccc3c(-c3ccc4ccccc4c3)c3ccccc23)c1. The Morgan fingerprint density at radius 2 is 0.804 bits per heavy atom. The van der Waals surface area contributed by atoms with E-state index in [1.165, 1.54) is 87.2 Å². The van der Waals surface area contributed by atoms with Crippen LogP contribution in [0.3, 0.4) is 0 Å². The first-order valence-electron chi connectivity index (χ1n) is 17.6. The van der Waals surface area contributed by atoms with Gasteiger partial charge in [-0.15, -0.1) is 0 Å². The van der Waals surface area contributed by atoms with E-state index in [1.54, 1.807) is 0 Å². The fourth-order valence-corrected chi connectivity index (χ4v) is 8.53. The Balaban J connectivity index is 1.13. The lowest BCUT2D eigenvalue weighted by Crippen LogP contribution is -1.91. The highest BCUT2D eigenvalue weighted by Crippen LogP contribution is 2.46. The highest BCUT2D eigenvalue weighted by atomic mass is 16.3. The van der Waals surface area contributed by atoms with E-state index in [4.69, 9.17) is 4.42 Å². The molecule has 0 fully saturated rings. The van der Waals surface area contributed by atoms with E-state index in [9.17, 15) is 0 Å². The van der Waals surface area contributed by atoms with E-state index in [0.29, 0.717) is 0 Å². The van der Waals surface area contributed by atoms with Crippen LogP contribution in [0.4, 0.5) is 0 Å². The minimum absolute atomic E-state index is 0.924. The van der Waals surface area contributed by atoms with Crippen molar-refractivity contribution in [3.05, 3.63) is 182 Å². The Kier molecular flexibility index (Phi) is 6.02. The van der Waals surface area contributed by atoms with Crippen LogP contribution in [0.15, 0.2) is 186 Å². The predicted octanol–water partition coefficient (Wildman–Crippen LogP) is 14.4. The molecule has 0 aliphatic rings. The molecule has 0 radical (unpaired) electrons. The van der Waals surface area contributed by atoms with Crippen molar-refractivity contribution in [1.29, 1.82) is 0 Å². The second kappa shape index (κ2) is 10.9. The summed E-state index contributed by atoms with van der Waals surface area (Å²) in [7, 11) is 0. The third-order valence-electron chi connectivity index (χ3n) is 10.8. The quantitative estimate of drug-likeness (QED) is 0.138. The lowest BCUT2D eigenvalue weighted by atomic mass is 9.85. The zero-order valence-electron chi connectivity index (χ0n) is 27.7. The molecular weight excluding hydrogens is 617 g/mol. The molecule has 11 aromatic rings. The molecule has 11 rings (SSSR count). The van der Waals surface area contributed by atoms with Crippen LogP contribution in [0, 0.1) is 0 Å². The molecule has 0 atom stereocenters. The summed E-state index contributed by atoms with van der Waals surface area (Å²) in [5.41, 5.74) is 9.25. The number of benzene rings is 10. The van der Waals surface area contributed by atoms with Crippen LogP contribution >= 0.6 is 0 Å². The summed E-state index contributed by atoms with van der Waals surface area (Å²) in [6.07, 6.45) is 0. The fraction of sp³-hybridized carbons (Fsp3) is 0. The van der Waals surface area contributed by atoms with Crippen molar-refractivity contribution in [2.45, 2.75) is 0 Å². The van der Waals surface area contributed by atoms with Gasteiger partial charge in [-0.25, -0.2) is 0 Å². The smallest absolute Gasteiger partial charge is 0.143 e. The van der Waals surface area contributed by atoms with E-state index >= 15 is 0 Å². The van der Waals surface area contributed by atoms with Crippen molar-refractivity contribution >= 4 is 75.8 Å². The number of hydrogen-bond donors (Lipinski definition) is 0. The minimum atomic E-state index is 0.924. The average Bonchev–Trinajstić information content (AvgIpc) is 3.60. The molecule has 1 nitrogen and oxygen atoms in total. The molecule has 0 saturated carbocycles. The number of hydrogen-bond acceptors (Lipinski definition) is 1. The molecule has 51 heavy (non-hydrogen) atoms. The predicted molar refractivity (Wildman–Crippen MR) is 218 cm³/mol. The molecule has 0 aliphatic heterocycles. The molecule has 0 amide bonds. The van der Waals surface area contributed by atoms with Crippen LogP contribution in [0.5, 0.6) is 0 Å². The van der Waals surface area contributed by atoms with Crippen molar-refractivity contribution in [3.63, 3.8) is 0 Å². The standard InChI is InChI=1S/C50H30O/c1-2-13-32-28-36(25-24-31(32)12-1)48-41-20-7-5-18-39(41)47(40-19-6-8-21-42(40)48)35-15-11-14-33(29-35)34-26-27-43-45(30-34)37-16-3-4-17-38(37)49-44-22-9-10-23-46(44)51-50(43)49/h1-30H. The highest BCUT2D eigenvalue weighted by Gasteiger charge is 2.19. The first-order valence-corrected chi connectivity index (χ1v) is 17.6.